The molecule has 0 saturated heterocycles. The summed E-state index contributed by atoms with van der Waals surface area (Å²) < 4.78 is 2.25. The zero-order valence-electron chi connectivity index (χ0n) is 14.9. The Balaban J connectivity index is 2.00. The molecule has 0 saturated carbocycles. The van der Waals surface area contributed by atoms with E-state index >= 15 is 0 Å². The lowest BCUT2D eigenvalue weighted by Gasteiger charge is -2.14. The Hall–Kier alpha value is -2.87. The second kappa shape index (κ2) is 6.94. The van der Waals surface area contributed by atoms with E-state index in [2.05, 4.69) is 77.3 Å². The van der Waals surface area contributed by atoms with Gasteiger partial charge in [-0.3, -0.25) is 0 Å². The molecule has 0 radical (unpaired) electrons. The summed E-state index contributed by atoms with van der Waals surface area (Å²) in [5, 5.41) is 2.66. The van der Waals surface area contributed by atoms with E-state index in [1.165, 1.54) is 22.0 Å². The summed E-state index contributed by atoms with van der Waals surface area (Å²) in [7, 11) is 0. The quantitative estimate of drug-likeness (QED) is 0.217. The van der Waals surface area contributed by atoms with Gasteiger partial charge in [-0.2, -0.15) is 4.40 Å². The van der Waals surface area contributed by atoms with Crippen LogP contribution in [0.25, 0.3) is 38.7 Å². The Kier molecular flexibility index (Phi) is 4.27. The monoisotopic (exact) mass is 400 g/mol. The van der Waals surface area contributed by atoms with Crippen LogP contribution in [0.15, 0.2) is 97.2 Å². The molecular weight excluding hydrogens is 385 g/mol. The Morgan fingerprint density at radius 1 is 0.500 bits per heavy atom. The maximum atomic E-state index is 6.17. The molecule has 0 fully saturated rings. The van der Waals surface area contributed by atoms with Crippen LogP contribution in [0.5, 0.6) is 0 Å². The highest BCUT2D eigenvalue weighted by atomic mass is 35.5. The molecule has 3 heteroatoms. The van der Waals surface area contributed by atoms with Crippen molar-refractivity contribution in [3.8, 4) is 22.3 Å². The Labute approximate surface area is 173 Å². The largest absolute Gasteiger partial charge is 0.219 e. The molecule has 0 bridgehead atoms. The van der Waals surface area contributed by atoms with Gasteiger partial charge in [0.15, 0.2) is 6.20 Å². The maximum absolute atomic E-state index is 6.17. The summed E-state index contributed by atoms with van der Waals surface area (Å²) in [6.07, 6.45) is 2.11. The second-order valence-corrected chi connectivity index (χ2v) is 7.61. The molecule has 1 nitrogen and oxygen atoms in total. The van der Waals surface area contributed by atoms with E-state index in [0.717, 1.165) is 26.7 Å². The molecule has 0 amide bonds. The number of rotatable bonds is 2. The number of pyridine rings is 2. The smallest absolute Gasteiger partial charge is 0.159 e. The van der Waals surface area contributed by atoms with E-state index in [0.29, 0.717) is 0 Å². The van der Waals surface area contributed by atoms with Gasteiger partial charge in [-0.25, -0.2) is 0 Å². The molecule has 0 aliphatic carbocycles. The minimum Gasteiger partial charge on any atom is -0.159 e. The summed E-state index contributed by atoms with van der Waals surface area (Å²) in [5.41, 5.74) is 6.95. The van der Waals surface area contributed by atoms with Crippen molar-refractivity contribution in [3.63, 3.8) is 0 Å². The first-order valence-corrected chi connectivity index (χ1v) is 9.85. The van der Waals surface area contributed by atoms with E-state index in [-0.39, 0.29) is 0 Å². The van der Waals surface area contributed by atoms with E-state index < -0.39 is 0 Å². The van der Waals surface area contributed by atoms with Gasteiger partial charge in [0.1, 0.15) is 0 Å². The van der Waals surface area contributed by atoms with Crippen LogP contribution in [0.1, 0.15) is 0 Å². The highest BCUT2D eigenvalue weighted by Crippen LogP contribution is 2.39. The second-order valence-electron chi connectivity index (χ2n) is 6.74. The summed E-state index contributed by atoms with van der Waals surface area (Å²) in [6, 6.07) is 30.9. The van der Waals surface area contributed by atoms with Gasteiger partial charge in [-0.05, 0) is 47.5 Å². The number of benzene rings is 3. The first kappa shape index (κ1) is 17.2. The zero-order chi connectivity index (χ0) is 19.1. The molecule has 0 aliphatic heterocycles. The molecule has 134 valence electrons. The molecule has 5 aromatic rings. The number of nitrogens with zero attached hydrogens (tertiary/aromatic N) is 1. The first-order valence-electron chi connectivity index (χ1n) is 9.09. The highest BCUT2D eigenvalue weighted by Gasteiger charge is 2.22. The van der Waals surface area contributed by atoms with Crippen LogP contribution in [-0.4, -0.2) is 0 Å². The summed E-state index contributed by atoms with van der Waals surface area (Å²) in [4.78, 5) is 0. The minimum absolute atomic E-state index is 0.731. The van der Waals surface area contributed by atoms with Crippen molar-refractivity contribution < 1.29 is 4.40 Å². The van der Waals surface area contributed by atoms with Gasteiger partial charge in [-0.1, -0.05) is 59.6 Å². The van der Waals surface area contributed by atoms with Gasteiger partial charge in [0, 0.05) is 33.8 Å². The number of para-hydroxylation sites is 1. The molecule has 28 heavy (non-hydrogen) atoms. The number of hydrogen-bond acceptors (Lipinski definition) is 0. The van der Waals surface area contributed by atoms with E-state index in [9.17, 15) is 0 Å². The lowest BCUT2D eigenvalue weighted by Crippen LogP contribution is -2.23. The normalized spacial score (nSPS) is 11.2. The van der Waals surface area contributed by atoms with Crippen LogP contribution in [-0.2, 0) is 0 Å². The lowest BCUT2D eigenvalue weighted by molar-refractivity contribution is -0.481. The number of hydrogen-bond donors (Lipinski definition) is 0. The van der Waals surface area contributed by atoms with E-state index in [4.69, 9.17) is 23.2 Å². The van der Waals surface area contributed by atoms with Gasteiger partial charge >= 0.3 is 0 Å². The molecular formula is C25H16Cl2N+. The van der Waals surface area contributed by atoms with E-state index in [1.54, 1.807) is 0 Å². The average Bonchev–Trinajstić information content (AvgIpc) is 2.74. The van der Waals surface area contributed by atoms with Gasteiger partial charge in [0.25, 0.3) is 0 Å². The van der Waals surface area contributed by atoms with Crippen molar-refractivity contribution in [2.45, 2.75) is 0 Å². The van der Waals surface area contributed by atoms with Crippen LogP contribution < -0.4 is 4.40 Å². The predicted molar refractivity (Wildman–Crippen MR) is 118 cm³/mol. The Bertz CT molecular complexity index is 1200. The predicted octanol–water partition coefficient (Wildman–Crippen LogP) is 7.22. The zero-order valence-corrected chi connectivity index (χ0v) is 16.5. The van der Waals surface area contributed by atoms with Crippen LogP contribution in [0, 0.1) is 0 Å². The molecule has 0 unspecified atom stereocenters. The fourth-order valence-electron chi connectivity index (χ4n) is 3.84. The standard InChI is InChI=1S/C25H16Cl2N/c26-19-12-8-17(9-13-19)24-21-5-1-2-6-22(21)28-16-4-3-7-23(28)25(24)18-10-14-20(27)15-11-18/h1-16H/q+1. The number of fused-ring (bicyclic) bond motifs is 3. The summed E-state index contributed by atoms with van der Waals surface area (Å²) >= 11 is 12.3. The minimum atomic E-state index is 0.731. The fraction of sp³-hybridized carbons (Fsp3) is 0. The van der Waals surface area contributed by atoms with Crippen LogP contribution in [0.3, 0.4) is 0 Å². The van der Waals surface area contributed by atoms with Crippen molar-refractivity contribution >= 4 is 39.6 Å². The number of halogens is 2. The SMILES string of the molecule is Clc1ccc(-c2c(-c3ccc(Cl)cc3)c3cccc[n+]3c3ccccc23)cc1. The van der Waals surface area contributed by atoms with Gasteiger partial charge in [-0.15, -0.1) is 0 Å². The topological polar surface area (TPSA) is 4.10 Å². The molecule has 5 rings (SSSR count). The summed E-state index contributed by atoms with van der Waals surface area (Å²) in [6.45, 7) is 0. The summed E-state index contributed by atoms with van der Waals surface area (Å²) in [5.74, 6) is 0. The van der Waals surface area contributed by atoms with Crippen molar-refractivity contribution in [3.05, 3.63) is 107 Å². The molecule has 0 atom stereocenters. The van der Waals surface area contributed by atoms with Crippen molar-refractivity contribution in [1.82, 2.24) is 0 Å². The lowest BCUT2D eigenvalue weighted by atomic mass is 9.90. The van der Waals surface area contributed by atoms with Crippen LogP contribution in [0.2, 0.25) is 10.0 Å². The van der Waals surface area contributed by atoms with Crippen molar-refractivity contribution in [1.29, 1.82) is 0 Å². The maximum Gasteiger partial charge on any atom is 0.219 e. The molecule has 2 aromatic heterocycles. The molecule has 0 aliphatic rings. The molecule has 0 N–H and O–H groups in total. The molecule has 0 spiro atoms. The molecule has 3 aromatic carbocycles. The average molecular weight is 401 g/mol. The molecule has 2 heterocycles. The third-order valence-corrected chi connectivity index (χ3v) is 5.57. The van der Waals surface area contributed by atoms with Gasteiger partial charge < -0.3 is 0 Å². The van der Waals surface area contributed by atoms with Crippen LogP contribution in [0.4, 0.5) is 0 Å². The highest BCUT2D eigenvalue weighted by molar-refractivity contribution is 6.31. The third kappa shape index (κ3) is 2.84. The van der Waals surface area contributed by atoms with Crippen molar-refractivity contribution in [2.24, 2.45) is 0 Å². The van der Waals surface area contributed by atoms with E-state index in [1.807, 2.05) is 24.3 Å². The van der Waals surface area contributed by atoms with Gasteiger partial charge in [0.05, 0.1) is 10.9 Å². The number of aromatic nitrogens is 1. The fourth-order valence-corrected chi connectivity index (χ4v) is 4.09. The first-order chi connectivity index (χ1) is 13.7. The third-order valence-electron chi connectivity index (χ3n) is 5.06. The van der Waals surface area contributed by atoms with Crippen LogP contribution >= 0.6 is 23.2 Å². The Morgan fingerprint density at radius 2 is 1.04 bits per heavy atom. The van der Waals surface area contributed by atoms with Crippen molar-refractivity contribution in [2.75, 3.05) is 0 Å². The van der Waals surface area contributed by atoms with Gasteiger partial charge in [0.2, 0.25) is 11.0 Å². The Morgan fingerprint density at radius 3 is 1.71 bits per heavy atom.